The summed E-state index contributed by atoms with van der Waals surface area (Å²) in [6.07, 6.45) is 1.53. The van der Waals surface area contributed by atoms with Crippen molar-refractivity contribution in [3.63, 3.8) is 0 Å². The van der Waals surface area contributed by atoms with Gasteiger partial charge in [-0.2, -0.15) is 0 Å². The third-order valence-corrected chi connectivity index (χ3v) is 4.49. The van der Waals surface area contributed by atoms with Gasteiger partial charge in [-0.25, -0.2) is 4.39 Å². The molecule has 2 amide bonds. The minimum absolute atomic E-state index is 0.0690. The second-order valence-electron chi connectivity index (χ2n) is 6.45. The second-order valence-corrected chi connectivity index (χ2v) is 6.45. The molecule has 5 heteroatoms. The lowest BCUT2D eigenvalue weighted by Crippen LogP contribution is -2.43. The van der Waals surface area contributed by atoms with Crippen molar-refractivity contribution in [1.82, 2.24) is 4.90 Å². The van der Waals surface area contributed by atoms with E-state index in [0.29, 0.717) is 18.7 Å². The fourth-order valence-electron chi connectivity index (χ4n) is 3.03. The molecule has 3 rings (SSSR count). The Morgan fingerprint density at radius 1 is 1.08 bits per heavy atom. The first-order valence-corrected chi connectivity index (χ1v) is 8.45. The van der Waals surface area contributed by atoms with E-state index in [1.165, 1.54) is 24.3 Å². The number of hydrogen-bond acceptors (Lipinski definition) is 2. The van der Waals surface area contributed by atoms with Gasteiger partial charge in [-0.1, -0.05) is 17.7 Å². The number of nitrogens with zero attached hydrogens (tertiary/aromatic N) is 1. The summed E-state index contributed by atoms with van der Waals surface area (Å²) >= 11 is 0. The van der Waals surface area contributed by atoms with Gasteiger partial charge in [-0.15, -0.1) is 0 Å². The third-order valence-electron chi connectivity index (χ3n) is 4.49. The highest BCUT2D eigenvalue weighted by Gasteiger charge is 2.29. The van der Waals surface area contributed by atoms with Crippen molar-refractivity contribution in [1.29, 1.82) is 0 Å². The first-order valence-electron chi connectivity index (χ1n) is 8.45. The van der Waals surface area contributed by atoms with Gasteiger partial charge in [0.25, 0.3) is 5.91 Å². The number of carbonyl (C=O) groups excluding carboxylic acids is 2. The highest BCUT2D eigenvalue weighted by Crippen LogP contribution is 2.21. The summed E-state index contributed by atoms with van der Waals surface area (Å²) in [6, 6.07) is 13.1. The number of amides is 2. The zero-order valence-corrected chi connectivity index (χ0v) is 14.2. The van der Waals surface area contributed by atoms with E-state index >= 15 is 0 Å². The zero-order valence-electron chi connectivity index (χ0n) is 14.2. The van der Waals surface area contributed by atoms with Gasteiger partial charge < -0.3 is 10.2 Å². The van der Waals surface area contributed by atoms with Crippen molar-refractivity contribution in [2.24, 2.45) is 5.92 Å². The maximum Gasteiger partial charge on any atom is 0.253 e. The van der Waals surface area contributed by atoms with E-state index < -0.39 is 0 Å². The lowest BCUT2D eigenvalue weighted by atomic mass is 9.96. The Hall–Kier alpha value is -2.69. The largest absolute Gasteiger partial charge is 0.338 e. The van der Waals surface area contributed by atoms with Crippen LogP contribution in [-0.4, -0.2) is 29.8 Å². The molecule has 1 heterocycles. The van der Waals surface area contributed by atoms with Gasteiger partial charge in [0.05, 0.1) is 5.92 Å². The molecule has 1 saturated heterocycles. The van der Waals surface area contributed by atoms with Crippen LogP contribution in [-0.2, 0) is 4.79 Å². The molecule has 25 heavy (non-hydrogen) atoms. The van der Waals surface area contributed by atoms with E-state index in [2.05, 4.69) is 5.32 Å². The molecular formula is C20H21FN2O2. The van der Waals surface area contributed by atoms with E-state index in [1.807, 2.05) is 31.2 Å². The Labute approximate surface area is 146 Å². The molecular weight excluding hydrogens is 319 g/mol. The molecule has 130 valence electrons. The van der Waals surface area contributed by atoms with Crippen LogP contribution in [0.25, 0.3) is 0 Å². The van der Waals surface area contributed by atoms with E-state index in [0.717, 1.165) is 24.1 Å². The molecule has 0 aliphatic carbocycles. The van der Waals surface area contributed by atoms with Gasteiger partial charge in [0, 0.05) is 24.3 Å². The minimum Gasteiger partial charge on any atom is -0.338 e. The smallest absolute Gasteiger partial charge is 0.253 e. The summed E-state index contributed by atoms with van der Waals surface area (Å²) in [4.78, 5) is 26.7. The van der Waals surface area contributed by atoms with Gasteiger partial charge >= 0.3 is 0 Å². The van der Waals surface area contributed by atoms with Crippen molar-refractivity contribution >= 4 is 17.5 Å². The third kappa shape index (κ3) is 4.24. The first-order chi connectivity index (χ1) is 12.0. The first kappa shape index (κ1) is 17.1. The van der Waals surface area contributed by atoms with E-state index in [1.54, 1.807) is 4.90 Å². The minimum atomic E-state index is -0.370. The van der Waals surface area contributed by atoms with E-state index in [-0.39, 0.29) is 23.5 Å². The summed E-state index contributed by atoms with van der Waals surface area (Å²) in [6.45, 7) is 2.99. The van der Waals surface area contributed by atoms with Crippen molar-refractivity contribution in [3.8, 4) is 0 Å². The van der Waals surface area contributed by atoms with Crippen molar-refractivity contribution in [2.45, 2.75) is 19.8 Å². The molecule has 0 radical (unpaired) electrons. The molecule has 0 unspecified atom stereocenters. The summed E-state index contributed by atoms with van der Waals surface area (Å²) < 4.78 is 13.0. The molecule has 1 atom stereocenters. The average Bonchev–Trinajstić information content (AvgIpc) is 2.64. The van der Waals surface area contributed by atoms with Gasteiger partial charge in [0.15, 0.2) is 0 Å². The Morgan fingerprint density at radius 3 is 2.44 bits per heavy atom. The van der Waals surface area contributed by atoms with Crippen LogP contribution in [0.4, 0.5) is 10.1 Å². The number of carbonyl (C=O) groups is 2. The standard InChI is InChI=1S/C20H21FN2O2/c1-14-4-10-18(11-5-14)22-19(24)16-3-2-12-23(13-16)20(25)15-6-8-17(21)9-7-15/h4-11,16H,2-3,12-13H2,1H3,(H,22,24)/t16-/m0/s1. The summed E-state index contributed by atoms with van der Waals surface area (Å²) in [5, 5.41) is 2.92. The fourth-order valence-corrected chi connectivity index (χ4v) is 3.03. The summed E-state index contributed by atoms with van der Waals surface area (Å²) in [7, 11) is 0. The van der Waals surface area contributed by atoms with Crippen molar-refractivity contribution in [2.75, 3.05) is 18.4 Å². The van der Waals surface area contributed by atoms with Crippen LogP contribution in [0.1, 0.15) is 28.8 Å². The molecule has 0 aromatic heterocycles. The normalized spacial score (nSPS) is 17.2. The number of likely N-dealkylation sites (tertiary alicyclic amines) is 1. The Kier molecular flexibility index (Phi) is 5.12. The monoisotopic (exact) mass is 340 g/mol. The molecule has 1 aliphatic heterocycles. The number of piperidine rings is 1. The SMILES string of the molecule is Cc1ccc(NC(=O)[C@H]2CCCN(C(=O)c3ccc(F)cc3)C2)cc1. The number of aryl methyl sites for hydroxylation is 1. The van der Waals surface area contributed by atoms with Crippen LogP contribution in [0.15, 0.2) is 48.5 Å². The van der Waals surface area contributed by atoms with Crippen molar-refractivity contribution < 1.29 is 14.0 Å². The molecule has 0 spiro atoms. The number of benzene rings is 2. The van der Waals surface area contributed by atoms with Crippen LogP contribution in [0.2, 0.25) is 0 Å². The molecule has 0 bridgehead atoms. The average molecular weight is 340 g/mol. The molecule has 2 aromatic rings. The predicted molar refractivity (Wildman–Crippen MR) is 94.8 cm³/mol. The Bertz CT molecular complexity index is 756. The number of nitrogens with one attached hydrogen (secondary N) is 1. The molecule has 0 saturated carbocycles. The number of anilines is 1. The van der Waals surface area contributed by atoms with E-state index in [4.69, 9.17) is 0 Å². The zero-order chi connectivity index (χ0) is 17.8. The predicted octanol–water partition coefficient (Wildman–Crippen LogP) is 3.63. The van der Waals surface area contributed by atoms with E-state index in [9.17, 15) is 14.0 Å². The maximum absolute atomic E-state index is 13.0. The topological polar surface area (TPSA) is 49.4 Å². The van der Waals surface area contributed by atoms with Gasteiger partial charge in [0.2, 0.25) is 5.91 Å². The number of rotatable bonds is 3. The highest BCUT2D eigenvalue weighted by atomic mass is 19.1. The van der Waals surface area contributed by atoms with Crippen LogP contribution in [0.3, 0.4) is 0 Å². The molecule has 1 aliphatic rings. The van der Waals surface area contributed by atoms with Gasteiger partial charge in [-0.3, -0.25) is 9.59 Å². The molecule has 1 fully saturated rings. The molecule has 2 aromatic carbocycles. The van der Waals surface area contributed by atoms with Crippen LogP contribution in [0.5, 0.6) is 0 Å². The van der Waals surface area contributed by atoms with Crippen LogP contribution >= 0.6 is 0 Å². The number of halogens is 1. The molecule has 4 nitrogen and oxygen atoms in total. The Morgan fingerprint density at radius 2 is 1.76 bits per heavy atom. The van der Waals surface area contributed by atoms with Crippen LogP contribution < -0.4 is 5.32 Å². The quantitative estimate of drug-likeness (QED) is 0.928. The lowest BCUT2D eigenvalue weighted by molar-refractivity contribution is -0.121. The van der Waals surface area contributed by atoms with Gasteiger partial charge in [-0.05, 0) is 56.2 Å². The van der Waals surface area contributed by atoms with Gasteiger partial charge in [0.1, 0.15) is 5.82 Å². The fraction of sp³-hybridized carbons (Fsp3) is 0.300. The highest BCUT2D eigenvalue weighted by molar-refractivity contribution is 5.96. The second kappa shape index (κ2) is 7.47. The van der Waals surface area contributed by atoms with Crippen molar-refractivity contribution in [3.05, 3.63) is 65.5 Å². The van der Waals surface area contributed by atoms with Crippen LogP contribution in [0, 0.1) is 18.7 Å². The summed E-state index contributed by atoms with van der Waals surface area (Å²) in [5.41, 5.74) is 2.34. The maximum atomic E-state index is 13.0. The summed E-state index contributed by atoms with van der Waals surface area (Å²) in [5.74, 6) is -0.835. The number of hydrogen-bond donors (Lipinski definition) is 1. The lowest BCUT2D eigenvalue weighted by Gasteiger charge is -2.32. The molecule has 1 N–H and O–H groups in total. The Balaban J connectivity index is 1.63.